The first-order valence-electron chi connectivity index (χ1n) is 8.57. The maximum atomic E-state index is 2.40. The van der Waals surface area contributed by atoms with Gasteiger partial charge in [0.15, 0.2) is 0 Å². The standard InChI is InChI=1S/C19H36/c1-17(2,3)11-15-7-9-19(10-8-15)13-16(14-19)12-18(4,5)6/h15-16H,7-14H2,1-6H3. The van der Waals surface area contributed by atoms with Crippen LogP contribution in [0.5, 0.6) is 0 Å². The van der Waals surface area contributed by atoms with Gasteiger partial charge in [0.05, 0.1) is 0 Å². The number of hydrogen-bond donors (Lipinski definition) is 0. The van der Waals surface area contributed by atoms with E-state index in [2.05, 4.69) is 41.5 Å². The molecule has 2 rings (SSSR count). The van der Waals surface area contributed by atoms with Gasteiger partial charge in [-0.3, -0.25) is 0 Å². The maximum Gasteiger partial charge on any atom is -0.0292 e. The molecule has 0 aromatic heterocycles. The van der Waals surface area contributed by atoms with Crippen molar-refractivity contribution in [3.05, 3.63) is 0 Å². The van der Waals surface area contributed by atoms with Crippen LogP contribution in [0.15, 0.2) is 0 Å². The first-order valence-corrected chi connectivity index (χ1v) is 8.57. The molecule has 0 amide bonds. The van der Waals surface area contributed by atoms with Crippen molar-refractivity contribution in [2.24, 2.45) is 28.1 Å². The van der Waals surface area contributed by atoms with Gasteiger partial charge in [0.2, 0.25) is 0 Å². The van der Waals surface area contributed by atoms with Crippen LogP contribution in [0.4, 0.5) is 0 Å². The summed E-state index contributed by atoms with van der Waals surface area (Å²) >= 11 is 0. The Morgan fingerprint density at radius 3 is 1.58 bits per heavy atom. The normalized spacial score (nSPS) is 36.3. The van der Waals surface area contributed by atoms with Gasteiger partial charge >= 0.3 is 0 Å². The van der Waals surface area contributed by atoms with E-state index in [9.17, 15) is 0 Å². The minimum absolute atomic E-state index is 0.531. The molecule has 1 spiro atoms. The minimum atomic E-state index is 0.531. The van der Waals surface area contributed by atoms with Gasteiger partial charge in [-0.15, -0.1) is 0 Å². The second-order valence-corrected chi connectivity index (χ2v) is 10.2. The Hall–Kier alpha value is 0. The van der Waals surface area contributed by atoms with Crippen molar-refractivity contribution < 1.29 is 0 Å². The van der Waals surface area contributed by atoms with Gasteiger partial charge in [0.25, 0.3) is 0 Å². The number of rotatable bonds is 2. The fourth-order valence-corrected chi connectivity index (χ4v) is 4.94. The summed E-state index contributed by atoms with van der Waals surface area (Å²) in [5, 5.41) is 0. The van der Waals surface area contributed by atoms with Crippen LogP contribution in [0.3, 0.4) is 0 Å². The van der Waals surface area contributed by atoms with E-state index in [0.717, 1.165) is 17.3 Å². The maximum absolute atomic E-state index is 2.40. The average molecular weight is 264 g/mol. The van der Waals surface area contributed by atoms with Gasteiger partial charge in [-0.2, -0.15) is 0 Å². The highest BCUT2D eigenvalue weighted by Crippen LogP contribution is 2.58. The Morgan fingerprint density at radius 2 is 1.16 bits per heavy atom. The van der Waals surface area contributed by atoms with E-state index < -0.39 is 0 Å². The van der Waals surface area contributed by atoms with Crippen LogP contribution in [0.25, 0.3) is 0 Å². The van der Waals surface area contributed by atoms with Crippen molar-refractivity contribution >= 4 is 0 Å². The summed E-state index contributed by atoms with van der Waals surface area (Å²) in [6.07, 6.45) is 12.1. The molecule has 0 aromatic rings. The lowest BCUT2D eigenvalue weighted by molar-refractivity contribution is -0.0207. The van der Waals surface area contributed by atoms with Crippen molar-refractivity contribution in [2.45, 2.75) is 92.9 Å². The fourth-order valence-electron chi connectivity index (χ4n) is 4.94. The molecule has 112 valence electrons. The molecule has 2 aliphatic rings. The molecule has 0 radical (unpaired) electrons. The molecule has 0 bridgehead atoms. The molecule has 2 saturated carbocycles. The van der Waals surface area contributed by atoms with Crippen molar-refractivity contribution in [2.75, 3.05) is 0 Å². The Balaban J connectivity index is 1.73. The number of hydrogen-bond acceptors (Lipinski definition) is 0. The van der Waals surface area contributed by atoms with E-state index in [-0.39, 0.29) is 0 Å². The fraction of sp³-hybridized carbons (Fsp3) is 1.00. The highest BCUT2D eigenvalue weighted by Gasteiger charge is 2.46. The van der Waals surface area contributed by atoms with Gasteiger partial charge in [-0.1, -0.05) is 41.5 Å². The molecule has 2 aliphatic carbocycles. The lowest BCUT2D eigenvalue weighted by atomic mass is 9.52. The molecule has 0 heteroatoms. The summed E-state index contributed by atoms with van der Waals surface area (Å²) in [6.45, 7) is 14.4. The molecule has 19 heavy (non-hydrogen) atoms. The van der Waals surface area contributed by atoms with Gasteiger partial charge in [-0.05, 0) is 79.4 Å². The molecule has 0 unspecified atom stereocenters. The second-order valence-electron chi connectivity index (χ2n) is 10.2. The molecule has 0 heterocycles. The molecular formula is C19H36. The SMILES string of the molecule is CC(C)(C)CC1CCC2(CC1)CC(CC(C)(C)C)C2. The van der Waals surface area contributed by atoms with Crippen LogP contribution in [-0.4, -0.2) is 0 Å². The van der Waals surface area contributed by atoms with Crippen LogP contribution in [0.2, 0.25) is 0 Å². The predicted molar refractivity (Wildman–Crippen MR) is 85.3 cm³/mol. The zero-order valence-electron chi connectivity index (χ0n) is 14.3. The van der Waals surface area contributed by atoms with Gasteiger partial charge in [0.1, 0.15) is 0 Å². The smallest absolute Gasteiger partial charge is 0.0292 e. The third-order valence-corrected chi connectivity index (χ3v) is 5.41. The summed E-state index contributed by atoms with van der Waals surface area (Å²) in [5.41, 5.74) is 1.86. The average Bonchev–Trinajstić information content (AvgIpc) is 2.14. The van der Waals surface area contributed by atoms with E-state index in [1.165, 1.54) is 38.5 Å². The first kappa shape index (κ1) is 15.4. The molecular weight excluding hydrogens is 228 g/mol. The third kappa shape index (κ3) is 4.50. The molecule has 0 saturated heterocycles. The lowest BCUT2D eigenvalue weighted by Gasteiger charge is -2.53. The summed E-state index contributed by atoms with van der Waals surface area (Å²) < 4.78 is 0. The van der Waals surface area contributed by atoms with Crippen molar-refractivity contribution in [3.8, 4) is 0 Å². The topological polar surface area (TPSA) is 0 Å². The predicted octanol–water partition coefficient (Wildman–Crippen LogP) is 6.45. The van der Waals surface area contributed by atoms with Crippen LogP contribution in [0.1, 0.15) is 92.9 Å². The highest BCUT2D eigenvalue weighted by atomic mass is 14.5. The first-order chi connectivity index (χ1) is 8.57. The van der Waals surface area contributed by atoms with Gasteiger partial charge in [-0.25, -0.2) is 0 Å². The Bertz CT molecular complexity index is 283. The van der Waals surface area contributed by atoms with Crippen molar-refractivity contribution in [3.63, 3.8) is 0 Å². The summed E-state index contributed by atoms with van der Waals surface area (Å²) in [5.74, 6) is 2.06. The van der Waals surface area contributed by atoms with E-state index in [0.29, 0.717) is 10.8 Å². The Morgan fingerprint density at radius 1 is 0.737 bits per heavy atom. The Labute approximate surface area is 121 Å². The van der Waals surface area contributed by atoms with E-state index in [4.69, 9.17) is 0 Å². The monoisotopic (exact) mass is 264 g/mol. The minimum Gasteiger partial charge on any atom is -0.0602 e. The summed E-state index contributed by atoms with van der Waals surface area (Å²) in [6, 6.07) is 0. The van der Waals surface area contributed by atoms with Crippen molar-refractivity contribution in [1.82, 2.24) is 0 Å². The van der Waals surface area contributed by atoms with Crippen LogP contribution in [0, 0.1) is 28.1 Å². The zero-order valence-corrected chi connectivity index (χ0v) is 14.3. The van der Waals surface area contributed by atoms with Gasteiger partial charge < -0.3 is 0 Å². The van der Waals surface area contributed by atoms with Crippen LogP contribution in [-0.2, 0) is 0 Å². The van der Waals surface area contributed by atoms with Gasteiger partial charge in [0, 0.05) is 0 Å². The Kier molecular flexibility index (Phi) is 4.11. The van der Waals surface area contributed by atoms with E-state index >= 15 is 0 Å². The molecule has 0 N–H and O–H groups in total. The van der Waals surface area contributed by atoms with E-state index in [1.54, 1.807) is 12.8 Å². The van der Waals surface area contributed by atoms with Crippen LogP contribution >= 0.6 is 0 Å². The highest BCUT2D eigenvalue weighted by molar-refractivity contribution is 4.97. The molecule has 0 atom stereocenters. The lowest BCUT2D eigenvalue weighted by Crippen LogP contribution is -2.41. The summed E-state index contributed by atoms with van der Waals surface area (Å²) in [4.78, 5) is 0. The third-order valence-electron chi connectivity index (χ3n) is 5.41. The summed E-state index contributed by atoms with van der Waals surface area (Å²) in [7, 11) is 0. The zero-order chi connectivity index (χ0) is 14.3. The van der Waals surface area contributed by atoms with E-state index in [1.807, 2.05) is 0 Å². The van der Waals surface area contributed by atoms with Crippen molar-refractivity contribution in [1.29, 1.82) is 0 Å². The quantitative estimate of drug-likeness (QED) is 0.538. The largest absolute Gasteiger partial charge is 0.0602 e. The molecule has 0 aliphatic heterocycles. The molecule has 0 nitrogen and oxygen atoms in total. The van der Waals surface area contributed by atoms with Crippen LogP contribution < -0.4 is 0 Å². The molecule has 2 fully saturated rings. The molecule has 0 aromatic carbocycles. The second kappa shape index (κ2) is 5.08.